The van der Waals surface area contributed by atoms with Gasteiger partial charge in [-0.15, -0.1) is 0 Å². The highest BCUT2D eigenvalue weighted by Gasteiger charge is 2.99. The zero-order valence-corrected chi connectivity index (χ0v) is 17.7. The van der Waals surface area contributed by atoms with Crippen LogP contribution in [0, 0.1) is 0 Å². The van der Waals surface area contributed by atoms with Crippen LogP contribution in [0.3, 0.4) is 0 Å². The number of carbonyl (C=O) groups is 1. The van der Waals surface area contributed by atoms with Crippen molar-refractivity contribution >= 4 is 5.97 Å². The Labute approximate surface area is 202 Å². The minimum atomic E-state index is -9.26. The summed E-state index contributed by atoms with van der Waals surface area (Å²) in [4.78, 5) is 11.2. The highest BCUT2D eigenvalue weighted by molar-refractivity contribution is 5.87. The number of alkyl halides is 23. The first kappa shape index (κ1) is 37.6. The Morgan fingerprint density at radius 3 is 0.800 bits per heavy atom. The number of hydrogen-bond donors (Lipinski definition) is 0. The van der Waals surface area contributed by atoms with E-state index in [1.54, 1.807) is 0 Å². The zero-order chi connectivity index (χ0) is 33.4. The Kier molecular flexibility index (Phi) is 8.75. The van der Waals surface area contributed by atoms with Gasteiger partial charge in [0, 0.05) is 5.57 Å². The first-order chi connectivity index (χ1) is 16.8. The summed E-state index contributed by atoms with van der Waals surface area (Å²) in [5, 5.41) is 0. The molecule has 0 fully saturated rings. The standard InChI is InChI=1S/C15H5F23O2/c1-3(2)4(39)40-13(32,9(24,25)5(16,17)7(20,21)11(28,29)14(33,34)35)10(26,27)6(18,19)8(22,23)12(30,31)15(36,37)38/h1H2,2H3. The molecule has 0 saturated heterocycles. The minimum absolute atomic E-state index is 0.103. The number of halogens is 23. The third-order valence-electron chi connectivity index (χ3n) is 4.47. The topological polar surface area (TPSA) is 26.3 Å². The van der Waals surface area contributed by atoms with E-state index in [0.29, 0.717) is 0 Å². The van der Waals surface area contributed by atoms with Gasteiger partial charge in [-0.1, -0.05) is 6.58 Å². The highest BCUT2D eigenvalue weighted by Crippen LogP contribution is 2.67. The van der Waals surface area contributed by atoms with Crippen molar-refractivity contribution in [1.82, 2.24) is 0 Å². The monoisotopic (exact) mass is 654 g/mol. The van der Waals surface area contributed by atoms with E-state index in [2.05, 4.69) is 6.58 Å². The molecular weight excluding hydrogens is 649 g/mol. The molecule has 0 heterocycles. The molecule has 0 radical (unpaired) electrons. The van der Waals surface area contributed by atoms with Crippen LogP contribution in [0.5, 0.6) is 0 Å². The SMILES string of the molecule is C=C(C)C(=O)OC(F)(C(F)(F)C(F)(F)C(F)(F)C(F)(F)C(F)(F)F)C(F)(F)C(F)(F)C(F)(F)C(F)(F)C(F)(F)F. The van der Waals surface area contributed by atoms with Crippen molar-refractivity contribution < 1.29 is 111 Å². The Morgan fingerprint density at radius 2 is 0.625 bits per heavy atom. The number of hydrogen-bond acceptors (Lipinski definition) is 2. The average molecular weight is 654 g/mol. The van der Waals surface area contributed by atoms with Gasteiger partial charge >= 0.3 is 71.6 Å². The van der Waals surface area contributed by atoms with E-state index in [9.17, 15) is 106 Å². The number of carbonyl (C=O) groups excluding carboxylic acids is 1. The fraction of sp³-hybridized carbons (Fsp3) is 0.800. The molecule has 0 aliphatic heterocycles. The largest absolute Gasteiger partial charge is 0.460 e. The second kappa shape index (κ2) is 9.31. The Morgan fingerprint density at radius 1 is 0.425 bits per heavy atom. The van der Waals surface area contributed by atoms with Gasteiger partial charge in [0.05, 0.1) is 0 Å². The van der Waals surface area contributed by atoms with Crippen LogP contribution in [0.25, 0.3) is 0 Å². The number of rotatable bonds is 10. The molecule has 0 spiro atoms. The molecule has 0 bridgehead atoms. The van der Waals surface area contributed by atoms with Gasteiger partial charge in [0.25, 0.3) is 0 Å². The van der Waals surface area contributed by atoms with E-state index in [1.165, 1.54) is 0 Å². The number of esters is 1. The summed E-state index contributed by atoms with van der Waals surface area (Å²) in [6.07, 6.45) is -16.3. The van der Waals surface area contributed by atoms with E-state index in [-0.39, 0.29) is 6.92 Å². The molecule has 0 aromatic carbocycles. The van der Waals surface area contributed by atoms with Crippen LogP contribution in [-0.2, 0) is 9.53 Å². The molecule has 238 valence electrons. The van der Waals surface area contributed by atoms with Crippen LogP contribution in [0.2, 0.25) is 0 Å². The maximum absolute atomic E-state index is 14.7. The van der Waals surface area contributed by atoms with E-state index in [0.717, 1.165) is 0 Å². The summed E-state index contributed by atoms with van der Waals surface area (Å²) >= 11 is 0. The third-order valence-corrected chi connectivity index (χ3v) is 4.47. The molecule has 2 nitrogen and oxygen atoms in total. The fourth-order valence-electron chi connectivity index (χ4n) is 2.09. The Bertz CT molecular complexity index is 921. The molecule has 0 unspecified atom stereocenters. The second-order valence-electron chi connectivity index (χ2n) is 7.36. The summed E-state index contributed by atoms with van der Waals surface area (Å²) < 4.78 is 306. The van der Waals surface area contributed by atoms with Gasteiger partial charge in [-0.25, -0.2) is 4.79 Å². The van der Waals surface area contributed by atoms with E-state index in [4.69, 9.17) is 0 Å². The first-order valence-electron chi connectivity index (χ1n) is 8.56. The molecule has 40 heavy (non-hydrogen) atoms. The van der Waals surface area contributed by atoms with Crippen molar-refractivity contribution in [1.29, 1.82) is 0 Å². The molecule has 25 heteroatoms. The maximum Gasteiger partial charge on any atom is 0.460 e. The van der Waals surface area contributed by atoms with Crippen molar-refractivity contribution in [2.45, 2.75) is 72.5 Å². The zero-order valence-electron chi connectivity index (χ0n) is 17.7. The van der Waals surface area contributed by atoms with Crippen LogP contribution in [0.1, 0.15) is 6.92 Å². The van der Waals surface area contributed by atoms with Crippen LogP contribution >= 0.6 is 0 Å². The molecule has 0 aromatic heterocycles. The summed E-state index contributed by atoms with van der Waals surface area (Å²) in [5.74, 6) is -84.7. The lowest BCUT2D eigenvalue weighted by molar-refractivity contribution is -0.492. The molecule has 0 amide bonds. The molecule has 0 rings (SSSR count). The van der Waals surface area contributed by atoms with Gasteiger partial charge in [-0.2, -0.15) is 101 Å². The predicted octanol–water partition coefficient (Wildman–Crippen LogP) is 7.98. The quantitative estimate of drug-likeness (QED) is 0.136. The molecule has 0 aromatic rings. The molecule has 0 N–H and O–H groups in total. The van der Waals surface area contributed by atoms with Crippen molar-refractivity contribution in [2.75, 3.05) is 0 Å². The lowest BCUT2D eigenvalue weighted by Crippen LogP contribution is -2.79. The van der Waals surface area contributed by atoms with E-state index in [1.807, 2.05) is 4.74 Å². The van der Waals surface area contributed by atoms with Crippen LogP contribution in [-0.4, -0.2) is 71.6 Å². The van der Waals surface area contributed by atoms with Gasteiger partial charge in [0.1, 0.15) is 0 Å². The normalized spacial score (nSPS) is 16.2. The van der Waals surface area contributed by atoms with Crippen LogP contribution in [0.4, 0.5) is 101 Å². The van der Waals surface area contributed by atoms with Crippen molar-refractivity contribution in [3.63, 3.8) is 0 Å². The van der Waals surface area contributed by atoms with Gasteiger partial charge in [-0.3, -0.25) is 0 Å². The highest BCUT2D eigenvalue weighted by atomic mass is 19.4. The summed E-state index contributed by atoms with van der Waals surface area (Å²) in [7, 11) is 0. The first-order valence-corrected chi connectivity index (χ1v) is 8.56. The van der Waals surface area contributed by atoms with E-state index >= 15 is 0 Å². The van der Waals surface area contributed by atoms with Gasteiger partial charge in [0.15, 0.2) is 0 Å². The molecule has 0 saturated carbocycles. The summed E-state index contributed by atoms with van der Waals surface area (Å²) in [5.41, 5.74) is -1.99. The predicted molar refractivity (Wildman–Crippen MR) is 76.4 cm³/mol. The van der Waals surface area contributed by atoms with Gasteiger partial charge < -0.3 is 4.74 Å². The average Bonchev–Trinajstić information content (AvgIpc) is 2.70. The maximum atomic E-state index is 14.7. The lowest BCUT2D eigenvalue weighted by Gasteiger charge is -2.46. The van der Waals surface area contributed by atoms with Crippen molar-refractivity contribution in [2.24, 2.45) is 0 Å². The Hall–Kier alpha value is -2.40. The van der Waals surface area contributed by atoms with Crippen molar-refractivity contribution in [3.8, 4) is 0 Å². The van der Waals surface area contributed by atoms with Crippen LogP contribution in [0.15, 0.2) is 12.2 Å². The third kappa shape index (κ3) is 4.57. The summed E-state index contributed by atoms with van der Waals surface area (Å²) in [6.45, 7) is 2.03. The van der Waals surface area contributed by atoms with Crippen LogP contribution < -0.4 is 0 Å². The second-order valence-corrected chi connectivity index (χ2v) is 7.36. The van der Waals surface area contributed by atoms with Crippen molar-refractivity contribution in [3.05, 3.63) is 12.2 Å². The fourth-order valence-corrected chi connectivity index (χ4v) is 2.09. The molecule has 0 aliphatic rings. The number of ether oxygens (including phenoxy) is 1. The van der Waals surface area contributed by atoms with E-state index < -0.39 is 77.1 Å². The molecular formula is C15H5F23O2. The smallest absolute Gasteiger partial charge is 0.413 e. The minimum Gasteiger partial charge on any atom is -0.413 e. The lowest BCUT2D eigenvalue weighted by atomic mass is 9.85. The van der Waals surface area contributed by atoms with Gasteiger partial charge in [-0.05, 0) is 6.92 Å². The van der Waals surface area contributed by atoms with Gasteiger partial charge in [0.2, 0.25) is 0 Å². The molecule has 0 atom stereocenters. The Balaban J connectivity index is 7.88. The summed E-state index contributed by atoms with van der Waals surface area (Å²) in [6, 6.07) is 0. The molecule has 0 aliphatic carbocycles.